The molecule has 0 atom stereocenters. The van der Waals surface area contributed by atoms with Crippen LogP contribution >= 0.6 is 0 Å². The molecule has 0 amide bonds. The number of fused-ring (bicyclic) bond motifs is 1. The van der Waals surface area contributed by atoms with Crippen LogP contribution in [-0.2, 0) is 4.74 Å². The Labute approximate surface area is 111 Å². The lowest BCUT2D eigenvalue weighted by Gasteiger charge is -2.19. The number of rotatable bonds is 2. The van der Waals surface area contributed by atoms with Crippen molar-refractivity contribution in [1.29, 1.82) is 0 Å². The number of imidazole rings is 1. The van der Waals surface area contributed by atoms with Gasteiger partial charge in [-0.05, 0) is 27.7 Å². The molecule has 6 nitrogen and oxygen atoms in total. The SMILES string of the molecule is C=C(C)Nc1cc2n(C(=O)OC(C)(C)C)ccn2n1. The summed E-state index contributed by atoms with van der Waals surface area (Å²) < 4.78 is 8.35. The predicted octanol–water partition coefficient (Wildman–Crippen LogP) is 2.86. The first-order valence-corrected chi connectivity index (χ1v) is 5.99. The van der Waals surface area contributed by atoms with Crippen molar-refractivity contribution in [2.45, 2.75) is 33.3 Å². The molecule has 19 heavy (non-hydrogen) atoms. The van der Waals surface area contributed by atoms with Gasteiger partial charge in [-0.2, -0.15) is 0 Å². The molecule has 0 aliphatic heterocycles. The first-order valence-electron chi connectivity index (χ1n) is 5.99. The molecule has 2 heterocycles. The van der Waals surface area contributed by atoms with Crippen LogP contribution in [0.2, 0.25) is 0 Å². The van der Waals surface area contributed by atoms with E-state index < -0.39 is 11.7 Å². The molecule has 0 unspecified atom stereocenters. The zero-order chi connectivity index (χ0) is 14.2. The number of aromatic nitrogens is 3. The highest BCUT2D eigenvalue weighted by molar-refractivity contribution is 5.77. The van der Waals surface area contributed by atoms with Crippen LogP contribution in [-0.4, -0.2) is 25.9 Å². The Bertz CT molecular complexity index is 631. The van der Waals surface area contributed by atoms with E-state index in [4.69, 9.17) is 4.74 Å². The van der Waals surface area contributed by atoms with E-state index in [-0.39, 0.29) is 0 Å². The topological polar surface area (TPSA) is 60.6 Å². The molecule has 6 heteroatoms. The number of allylic oxidation sites excluding steroid dienone is 1. The van der Waals surface area contributed by atoms with Crippen molar-refractivity contribution in [1.82, 2.24) is 14.2 Å². The Balaban J connectivity index is 2.31. The molecule has 2 aromatic heterocycles. The highest BCUT2D eigenvalue weighted by Crippen LogP contribution is 2.16. The van der Waals surface area contributed by atoms with E-state index in [1.165, 1.54) is 4.57 Å². The Morgan fingerprint density at radius 3 is 2.68 bits per heavy atom. The van der Waals surface area contributed by atoms with Crippen LogP contribution in [0.5, 0.6) is 0 Å². The molecule has 0 radical (unpaired) electrons. The molecule has 2 aromatic rings. The fourth-order valence-corrected chi connectivity index (χ4v) is 1.63. The van der Waals surface area contributed by atoms with Crippen LogP contribution in [0, 0.1) is 0 Å². The second kappa shape index (κ2) is 4.46. The van der Waals surface area contributed by atoms with Crippen LogP contribution in [0.1, 0.15) is 27.7 Å². The van der Waals surface area contributed by atoms with Gasteiger partial charge < -0.3 is 10.1 Å². The van der Waals surface area contributed by atoms with Crippen molar-refractivity contribution in [2.24, 2.45) is 0 Å². The van der Waals surface area contributed by atoms with Crippen molar-refractivity contribution < 1.29 is 9.53 Å². The monoisotopic (exact) mass is 262 g/mol. The molecule has 0 aliphatic carbocycles. The van der Waals surface area contributed by atoms with Gasteiger partial charge in [0.2, 0.25) is 0 Å². The molecule has 0 saturated carbocycles. The van der Waals surface area contributed by atoms with Gasteiger partial charge in [-0.25, -0.2) is 13.9 Å². The first-order chi connectivity index (χ1) is 8.76. The minimum absolute atomic E-state index is 0.427. The average molecular weight is 262 g/mol. The highest BCUT2D eigenvalue weighted by Gasteiger charge is 2.19. The number of carbonyl (C=O) groups excluding carboxylic acids is 1. The molecule has 0 saturated heterocycles. The van der Waals surface area contributed by atoms with E-state index in [0.717, 1.165) is 5.70 Å². The summed E-state index contributed by atoms with van der Waals surface area (Å²) in [6.07, 6.45) is 2.90. The van der Waals surface area contributed by atoms with Gasteiger partial charge >= 0.3 is 6.09 Å². The number of ether oxygens (including phenoxy) is 1. The zero-order valence-corrected chi connectivity index (χ0v) is 11.6. The lowest BCUT2D eigenvalue weighted by molar-refractivity contribution is 0.0544. The Hall–Kier alpha value is -2.24. The van der Waals surface area contributed by atoms with E-state index >= 15 is 0 Å². The molecule has 0 aromatic carbocycles. The maximum atomic E-state index is 12.0. The number of nitrogens with zero attached hydrogens (tertiary/aromatic N) is 3. The number of anilines is 1. The third kappa shape index (κ3) is 2.96. The van der Waals surface area contributed by atoms with E-state index in [1.807, 2.05) is 27.7 Å². The number of nitrogens with one attached hydrogen (secondary N) is 1. The van der Waals surface area contributed by atoms with Gasteiger partial charge in [0.05, 0.1) is 0 Å². The summed E-state index contributed by atoms with van der Waals surface area (Å²) in [6.45, 7) is 11.1. The highest BCUT2D eigenvalue weighted by atomic mass is 16.6. The Kier molecular flexibility index (Phi) is 3.09. The molecular weight excluding hydrogens is 244 g/mol. The molecule has 0 bridgehead atoms. The zero-order valence-electron chi connectivity index (χ0n) is 11.6. The molecule has 0 spiro atoms. The Morgan fingerprint density at radius 1 is 1.42 bits per heavy atom. The maximum absolute atomic E-state index is 12.0. The lowest BCUT2D eigenvalue weighted by atomic mass is 10.2. The molecule has 1 N–H and O–H groups in total. The summed E-state index contributed by atoms with van der Waals surface area (Å²) in [4.78, 5) is 12.0. The molecular formula is C13H18N4O2. The van der Waals surface area contributed by atoms with Crippen LogP contribution in [0.3, 0.4) is 0 Å². The normalized spacial score (nSPS) is 11.6. The van der Waals surface area contributed by atoms with Crippen molar-refractivity contribution in [2.75, 3.05) is 5.32 Å². The fraction of sp³-hybridized carbons (Fsp3) is 0.385. The summed E-state index contributed by atoms with van der Waals surface area (Å²) in [7, 11) is 0. The van der Waals surface area contributed by atoms with Crippen molar-refractivity contribution >= 4 is 17.6 Å². The van der Waals surface area contributed by atoms with Gasteiger partial charge in [0.25, 0.3) is 0 Å². The van der Waals surface area contributed by atoms with Gasteiger partial charge in [0.15, 0.2) is 5.82 Å². The maximum Gasteiger partial charge on any atom is 0.420 e. The van der Waals surface area contributed by atoms with E-state index in [9.17, 15) is 4.79 Å². The van der Waals surface area contributed by atoms with E-state index in [0.29, 0.717) is 11.5 Å². The predicted molar refractivity (Wildman–Crippen MR) is 73.3 cm³/mol. The van der Waals surface area contributed by atoms with Crippen molar-refractivity contribution in [3.05, 3.63) is 30.7 Å². The van der Waals surface area contributed by atoms with Gasteiger partial charge in [-0.15, -0.1) is 5.10 Å². The van der Waals surface area contributed by atoms with Crippen LogP contribution in [0.25, 0.3) is 5.65 Å². The van der Waals surface area contributed by atoms with Crippen LogP contribution in [0.4, 0.5) is 10.6 Å². The largest absolute Gasteiger partial charge is 0.443 e. The van der Waals surface area contributed by atoms with Crippen LogP contribution in [0.15, 0.2) is 30.7 Å². The van der Waals surface area contributed by atoms with Gasteiger partial charge in [-0.3, -0.25) is 0 Å². The summed E-state index contributed by atoms with van der Waals surface area (Å²) in [5, 5.41) is 7.27. The van der Waals surface area contributed by atoms with E-state index in [2.05, 4.69) is 17.0 Å². The van der Waals surface area contributed by atoms with Crippen molar-refractivity contribution in [3.8, 4) is 0 Å². The van der Waals surface area contributed by atoms with Crippen LogP contribution < -0.4 is 5.32 Å². The van der Waals surface area contributed by atoms with Gasteiger partial charge in [-0.1, -0.05) is 6.58 Å². The Morgan fingerprint density at radius 2 is 2.11 bits per heavy atom. The first kappa shape index (κ1) is 13.2. The fourth-order valence-electron chi connectivity index (χ4n) is 1.63. The number of carbonyl (C=O) groups is 1. The summed E-state index contributed by atoms with van der Waals surface area (Å²) in [6, 6.07) is 1.76. The number of hydrogen-bond donors (Lipinski definition) is 1. The minimum Gasteiger partial charge on any atom is -0.443 e. The summed E-state index contributed by atoms with van der Waals surface area (Å²) in [5.74, 6) is 0.639. The molecule has 0 aliphatic rings. The smallest absolute Gasteiger partial charge is 0.420 e. The molecule has 0 fully saturated rings. The third-order valence-electron chi connectivity index (χ3n) is 2.25. The number of hydrogen-bond acceptors (Lipinski definition) is 4. The molecule has 2 rings (SSSR count). The minimum atomic E-state index is -0.531. The summed E-state index contributed by atoms with van der Waals surface area (Å²) in [5.41, 5.74) is 0.888. The third-order valence-corrected chi connectivity index (χ3v) is 2.25. The van der Waals surface area contributed by atoms with Gasteiger partial charge in [0, 0.05) is 24.2 Å². The second-order valence-corrected chi connectivity index (χ2v) is 5.39. The van der Waals surface area contributed by atoms with Gasteiger partial charge in [0.1, 0.15) is 11.2 Å². The van der Waals surface area contributed by atoms with Crippen molar-refractivity contribution in [3.63, 3.8) is 0 Å². The second-order valence-electron chi connectivity index (χ2n) is 5.39. The summed E-state index contributed by atoms with van der Waals surface area (Å²) >= 11 is 0. The lowest BCUT2D eigenvalue weighted by Crippen LogP contribution is -2.26. The molecule has 102 valence electrons. The average Bonchev–Trinajstić information content (AvgIpc) is 2.71. The van der Waals surface area contributed by atoms with E-state index in [1.54, 1.807) is 23.0 Å². The quantitative estimate of drug-likeness (QED) is 0.904. The standard InChI is InChI=1S/C13H18N4O2/c1-9(2)14-10-8-11-16(6-7-17(11)15-10)12(18)19-13(3,4)5/h6-8H,1H2,2-5H3,(H,14,15).